The Morgan fingerprint density at radius 3 is 2.08 bits per heavy atom. The molecule has 5 aromatic rings. The number of hydrogen-bond donors (Lipinski definition) is 0. The van der Waals surface area contributed by atoms with Crippen molar-refractivity contribution < 1.29 is 0 Å². The van der Waals surface area contributed by atoms with E-state index in [2.05, 4.69) is 55.8 Å². The smallest absolute Gasteiger partial charge is 0.100 e. The van der Waals surface area contributed by atoms with E-state index in [-0.39, 0.29) is 0 Å². The Morgan fingerprint density at radius 2 is 1.38 bits per heavy atom. The second-order valence-corrected chi connectivity index (χ2v) is 6.52. The van der Waals surface area contributed by atoms with Crippen molar-refractivity contribution >= 4 is 38.5 Å². The van der Waals surface area contributed by atoms with Crippen LogP contribution in [0.5, 0.6) is 0 Å². The van der Waals surface area contributed by atoms with E-state index in [0.29, 0.717) is 0 Å². The van der Waals surface area contributed by atoms with Gasteiger partial charge in [-0.1, -0.05) is 0 Å². The van der Waals surface area contributed by atoms with Crippen LogP contribution in [0, 0.1) is 0 Å². The molecule has 0 aliphatic carbocycles. The van der Waals surface area contributed by atoms with E-state index in [1.807, 2.05) is 38.8 Å². The molecule has 2 aromatic carbocycles. The lowest BCUT2D eigenvalue weighted by Gasteiger charge is -2.13. The summed E-state index contributed by atoms with van der Waals surface area (Å²) in [6.07, 6.45) is 5.50. The van der Waals surface area contributed by atoms with Gasteiger partial charge in [0.05, 0.1) is 22.1 Å². The molecule has 0 saturated carbocycles. The lowest BCUT2D eigenvalue weighted by atomic mass is 10.1. The highest BCUT2D eigenvalue weighted by atomic mass is 15.1. The highest BCUT2D eigenvalue weighted by Gasteiger charge is 2.15. The minimum absolute atomic E-state index is 0.892. The molecule has 26 heavy (non-hydrogen) atoms. The van der Waals surface area contributed by atoms with Crippen molar-refractivity contribution in [3.8, 4) is 5.69 Å². The first kappa shape index (κ1) is 14.8. The molecule has 0 atom stereocenters. The van der Waals surface area contributed by atoms with Crippen LogP contribution >= 0.6 is 0 Å². The predicted octanol–water partition coefficient (Wildman–Crippen LogP) is 4.19. The third-order valence-corrected chi connectivity index (χ3v) is 4.76. The van der Waals surface area contributed by atoms with Crippen molar-refractivity contribution in [2.75, 3.05) is 19.0 Å². The largest absolute Gasteiger partial charge is 0.378 e. The van der Waals surface area contributed by atoms with Crippen LogP contribution < -0.4 is 4.90 Å². The summed E-state index contributed by atoms with van der Waals surface area (Å²) in [4.78, 5) is 16.0. The molecule has 3 aromatic heterocycles. The second-order valence-electron chi connectivity index (χ2n) is 6.52. The maximum atomic E-state index is 4.72. The van der Waals surface area contributed by atoms with Crippen molar-refractivity contribution in [3.05, 3.63) is 67.3 Å². The van der Waals surface area contributed by atoms with Gasteiger partial charge in [0.25, 0.3) is 0 Å². The van der Waals surface area contributed by atoms with Crippen LogP contribution in [-0.2, 0) is 0 Å². The van der Waals surface area contributed by atoms with Crippen LogP contribution in [0.4, 0.5) is 5.69 Å². The molecule has 0 aliphatic heterocycles. The lowest BCUT2D eigenvalue weighted by Crippen LogP contribution is -2.08. The summed E-state index contributed by atoms with van der Waals surface area (Å²) < 4.78 is 2.13. The fourth-order valence-corrected chi connectivity index (χ4v) is 3.48. The summed E-state index contributed by atoms with van der Waals surface area (Å²) in [5, 5.41) is 2.08. The molecule has 5 nitrogen and oxygen atoms in total. The van der Waals surface area contributed by atoms with E-state index in [4.69, 9.17) is 4.98 Å². The SMILES string of the molecule is CN(C)c1ccc(-n2cnc3c4cccnc4c4ncccc4c32)cc1. The van der Waals surface area contributed by atoms with Crippen molar-refractivity contribution in [3.63, 3.8) is 0 Å². The molecule has 0 bridgehead atoms. The molecule has 5 heteroatoms. The summed E-state index contributed by atoms with van der Waals surface area (Å²) >= 11 is 0. The average Bonchev–Trinajstić information content (AvgIpc) is 3.14. The fraction of sp³-hybridized carbons (Fsp3) is 0.0952. The standard InChI is InChI=1S/C21H17N5/c1-25(2)14-7-9-15(10-8-14)26-13-24-20-16-5-3-11-22-18(16)19-17(21(20)26)6-4-12-23-19/h3-13H,1-2H3. The first-order valence-corrected chi connectivity index (χ1v) is 8.50. The van der Waals surface area contributed by atoms with Gasteiger partial charge in [0, 0.05) is 48.6 Å². The number of nitrogens with zero attached hydrogens (tertiary/aromatic N) is 5. The Balaban J connectivity index is 1.88. The number of rotatable bonds is 2. The summed E-state index contributed by atoms with van der Waals surface area (Å²) in [6, 6.07) is 16.5. The van der Waals surface area contributed by atoms with E-state index in [0.717, 1.165) is 38.5 Å². The molecule has 5 rings (SSSR count). The van der Waals surface area contributed by atoms with Crippen LogP contribution in [0.25, 0.3) is 38.5 Å². The molecule has 126 valence electrons. The number of benzene rings is 2. The van der Waals surface area contributed by atoms with Crippen molar-refractivity contribution in [1.29, 1.82) is 0 Å². The summed E-state index contributed by atoms with van der Waals surface area (Å²) in [7, 11) is 4.08. The molecule has 0 radical (unpaired) electrons. The summed E-state index contributed by atoms with van der Waals surface area (Å²) in [5.41, 5.74) is 6.05. The quantitative estimate of drug-likeness (QED) is 0.453. The van der Waals surface area contributed by atoms with E-state index in [1.54, 1.807) is 6.20 Å². The maximum Gasteiger partial charge on any atom is 0.100 e. The van der Waals surface area contributed by atoms with Crippen LogP contribution in [0.2, 0.25) is 0 Å². The Morgan fingerprint density at radius 1 is 0.731 bits per heavy atom. The number of hydrogen-bond acceptors (Lipinski definition) is 4. The monoisotopic (exact) mass is 339 g/mol. The van der Waals surface area contributed by atoms with Crippen LogP contribution in [0.15, 0.2) is 67.3 Å². The Bertz CT molecular complexity index is 1250. The van der Waals surface area contributed by atoms with Gasteiger partial charge in [-0.05, 0) is 48.5 Å². The van der Waals surface area contributed by atoms with Crippen LogP contribution in [-0.4, -0.2) is 33.6 Å². The van der Waals surface area contributed by atoms with Gasteiger partial charge in [-0.25, -0.2) is 4.98 Å². The Labute approximate surface area is 150 Å². The van der Waals surface area contributed by atoms with Gasteiger partial charge in [0.15, 0.2) is 0 Å². The van der Waals surface area contributed by atoms with Gasteiger partial charge in [-0.2, -0.15) is 0 Å². The Kier molecular flexibility index (Phi) is 3.15. The zero-order valence-corrected chi connectivity index (χ0v) is 14.6. The van der Waals surface area contributed by atoms with Gasteiger partial charge >= 0.3 is 0 Å². The summed E-state index contributed by atoms with van der Waals surface area (Å²) in [6.45, 7) is 0. The van der Waals surface area contributed by atoms with Crippen LogP contribution in [0.3, 0.4) is 0 Å². The van der Waals surface area contributed by atoms with Crippen molar-refractivity contribution in [2.24, 2.45) is 0 Å². The predicted molar refractivity (Wildman–Crippen MR) is 106 cm³/mol. The molecule has 0 aliphatic rings. The molecule has 0 amide bonds. The first-order chi connectivity index (χ1) is 12.7. The highest BCUT2D eigenvalue weighted by Crippen LogP contribution is 2.33. The second kappa shape index (κ2) is 5.52. The van der Waals surface area contributed by atoms with Gasteiger partial charge < -0.3 is 4.90 Å². The molecular weight excluding hydrogens is 322 g/mol. The van der Waals surface area contributed by atoms with Gasteiger partial charge in [0.2, 0.25) is 0 Å². The van der Waals surface area contributed by atoms with Crippen molar-refractivity contribution in [2.45, 2.75) is 0 Å². The highest BCUT2D eigenvalue weighted by molar-refractivity contribution is 6.20. The molecule has 0 saturated heterocycles. The number of fused-ring (bicyclic) bond motifs is 6. The normalized spacial score (nSPS) is 11.5. The van der Waals surface area contributed by atoms with Gasteiger partial charge in [0.1, 0.15) is 6.33 Å². The summed E-state index contributed by atoms with van der Waals surface area (Å²) in [5.74, 6) is 0. The Hall–Kier alpha value is -3.47. The molecule has 0 fully saturated rings. The number of pyridine rings is 2. The zero-order chi connectivity index (χ0) is 17.7. The van der Waals surface area contributed by atoms with Gasteiger partial charge in [-0.15, -0.1) is 0 Å². The van der Waals surface area contributed by atoms with Crippen LogP contribution in [0.1, 0.15) is 0 Å². The fourth-order valence-electron chi connectivity index (χ4n) is 3.48. The minimum Gasteiger partial charge on any atom is -0.378 e. The molecule has 0 unspecified atom stereocenters. The third kappa shape index (κ3) is 2.07. The number of imidazole rings is 1. The van der Waals surface area contributed by atoms with E-state index >= 15 is 0 Å². The molecular formula is C21H17N5. The topological polar surface area (TPSA) is 46.8 Å². The third-order valence-electron chi connectivity index (χ3n) is 4.76. The van der Waals surface area contributed by atoms with E-state index in [1.165, 1.54) is 5.69 Å². The van der Waals surface area contributed by atoms with Gasteiger partial charge in [-0.3, -0.25) is 14.5 Å². The minimum atomic E-state index is 0.892. The first-order valence-electron chi connectivity index (χ1n) is 8.50. The molecule has 0 N–H and O–H groups in total. The van der Waals surface area contributed by atoms with E-state index in [9.17, 15) is 0 Å². The molecule has 0 spiro atoms. The maximum absolute atomic E-state index is 4.72. The number of aromatic nitrogens is 4. The number of anilines is 1. The zero-order valence-electron chi connectivity index (χ0n) is 14.6. The van der Waals surface area contributed by atoms with E-state index < -0.39 is 0 Å². The average molecular weight is 339 g/mol. The molecule has 3 heterocycles. The lowest BCUT2D eigenvalue weighted by molar-refractivity contribution is 1.08. The van der Waals surface area contributed by atoms with Crippen molar-refractivity contribution in [1.82, 2.24) is 19.5 Å².